The van der Waals surface area contributed by atoms with E-state index in [1.807, 2.05) is 16.7 Å². The highest BCUT2D eigenvalue weighted by atomic mass is 16.3. The fraction of sp³-hybridized carbons (Fsp3) is 0.500. The number of aromatic nitrogens is 4. The molecule has 0 aromatic carbocycles. The van der Waals surface area contributed by atoms with Gasteiger partial charge in [0.15, 0.2) is 11.2 Å². The molecule has 8 nitrogen and oxygen atoms in total. The van der Waals surface area contributed by atoms with E-state index >= 15 is 0 Å². The Bertz CT molecular complexity index is 995. The first kappa shape index (κ1) is 18.0. The van der Waals surface area contributed by atoms with Crippen LogP contribution >= 0.6 is 0 Å². The van der Waals surface area contributed by atoms with Crippen molar-refractivity contribution in [2.24, 2.45) is 14.1 Å². The fourth-order valence-electron chi connectivity index (χ4n) is 3.08. The molecule has 1 N–H and O–H groups in total. The van der Waals surface area contributed by atoms with E-state index in [0.717, 1.165) is 36.0 Å². The van der Waals surface area contributed by atoms with E-state index in [2.05, 4.69) is 17.2 Å². The van der Waals surface area contributed by atoms with E-state index in [1.54, 1.807) is 13.3 Å². The Morgan fingerprint density at radius 3 is 2.65 bits per heavy atom. The van der Waals surface area contributed by atoms with Crippen LogP contribution < -0.4 is 16.6 Å². The average Bonchev–Trinajstić information content (AvgIpc) is 3.28. The third-order valence-electron chi connectivity index (χ3n) is 4.58. The lowest BCUT2D eigenvalue weighted by Gasteiger charge is -2.10. The zero-order valence-electron chi connectivity index (χ0n) is 15.5. The maximum absolute atomic E-state index is 12.7. The highest BCUT2D eigenvalue weighted by Gasteiger charge is 2.18. The zero-order valence-corrected chi connectivity index (χ0v) is 15.5. The Labute approximate surface area is 151 Å². The van der Waals surface area contributed by atoms with Gasteiger partial charge in [-0.15, -0.1) is 0 Å². The van der Waals surface area contributed by atoms with E-state index in [1.165, 1.54) is 11.6 Å². The van der Waals surface area contributed by atoms with Crippen molar-refractivity contribution in [3.05, 3.63) is 45.0 Å². The summed E-state index contributed by atoms with van der Waals surface area (Å²) in [7, 11) is 3.13. The number of nitrogens with zero attached hydrogens (tertiary/aromatic N) is 4. The molecule has 3 aromatic rings. The molecule has 0 atom stereocenters. The van der Waals surface area contributed by atoms with Crippen LogP contribution in [0.1, 0.15) is 38.4 Å². The average molecular weight is 359 g/mol. The third-order valence-corrected chi connectivity index (χ3v) is 4.58. The molecule has 26 heavy (non-hydrogen) atoms. The van der Waals surface area contributed by atoms with Crippen molar-refractivity contribution >= 4 is 17.1 Å². The van der Waals surface area contributed by atoms with Gasteiger partial charge in [0.1, 0.15) is 5.76 Å². The number of hydrogen-bond donors (Lipinski definition) is 1. The number of fused-ring (bicyclic) bond motifs is 1. The summed E-state index contributed by atoms with van der Waals surface area (Å²) in [4.78, 5) is 29.4. The fourth-order valence-corrected chi connectivity index (χ4v) is 3.08. The van der Waals surface area contributed by atoms with Gasteiger partial charge in [-0.25, -0.2) is 4.79 Å². The quantitative estimate of drug-likeness (QED) is 0.623. The van der Waals surface area contributed by atoms with Gasteiger partial charge in [0.2, 0.25) is 5.95 Å². The summed E-state index contributed by atoms with van der Waals surface area (Å²) >= 11 is 0. The van der Waals surface area contributed by atoms with Crippen LogP contribution in [0, 0.1) is 0 Å². The van der Waals surface area contributed by atoms with Gasteiger partial charge in [-0.2, -0.15) is 4.98 Å². The molecule has 0 amide bonds. The number of furan rings is 1. The molecule has 3 aromatic heterocycles. The van der Waals surface area contributed by atoms with Crippen LogP contribution in [0.25, 0.3) is 11.2 Å². The number of anilines is 1. The van der Waals surface area contributed by atoms with Crippen LogP contribution in [0.2, 0.25) is 0 Å². The second-order valence-electron chi connectivity index (χ2n) is 6.46. The molecule has 0 spiro atoms. The Morgan fingerprint density at radius 2 is 1.96 bits per heavy atom. The van der Waals surface area contributed by atoms with Crippen LogP contribution in [-0.4, -0.2) is 18.7 Å². The standard InChI is InChI=1S/C18H25N5O3/c1-4-5-6-7-10-23-14-15(21(2)18(25)22(3)16(14)24)20-17(23)19-12-13-9-8-11-26-13/h8-9,11H,4-7,10,12H2,1-3H3,(H,19,20). The topological polar surface area (TPSA) is 87.0 Å². The molecule has 0 saturated heterocycles. The highest BCUT2D eigenvalue weighted by Crippen LogP contribution is 2.18. The number of aryl methyl sites for hydroxylation is 2. The zero-order chi connectivity index (χ0) is 18.7. The van der Waals surface area contributed by atoms with E-state index in [4.69, 9.17) is 4.42 Å². The second-order valence-corrected chi connectivity index (χ2v) is 6.46. The molecule has 8 heteroatoms. The van der Waals surface area contributed by atoms with Crippen LogP contribution in [0.3, 0.4) is 0 Å². The number of imidazole rings is 1. The highest BCUT2D eigenvalue weighted by molar-refractivity contribution is 5.74. The van der Waals surface area contributed by atoms with Crippen molar-refractivity contribution in [2.75, 3.05) is 5.32 Å². The second kappa shape index (κ2) is 7.63. The summed E-state index contributed by atoms with van der Waals surface area (Å²) in [6.45, 7) is 3.29. The molecular formula is C18H25N5O3. The predicted molar refractivity (Wildman–Crippen MR) is 100 cm³/mol. The van der Waals surface area contributed by atoms with Crippen LogP contribution in [0.4, 0.5) is 5.95 Å². The number of nitrogens with one attached hydrogen (secondary N) is 1. The summed E-state index contributed by atoms with van der Waals surface area (Å²) in [5.41, 5.74) is 0.149. The summed E-state index contributed by atoms with van der Waals surface area (Å²) in [6, 6.07) is 3.69. The van der Waals surface area contributed by atoms with Crippen molar-refractivity contribution in [1.82, 2.24) is 18.7 Å². The minimum atomic E-state index is -0.379. The first-order valence-electron chi connectivity index (χ1n) is 8.97. The van der Waals surface area contributed by atoms with Gasteiger partial charge >= 0.3 is 5.69 Å². The Morgan fingerprint density at radius 1 is 1.15 bits per heavy atom. The normalized spacial score (nSPS) is 11.3. The molecule has 0 radical (unpaired) electrons. The van der Waals surface area contributed by atoms with Crippen molar-refractivity contribution in [3.63, 3.8) is 0 Å². The van der Waals surface area contributed by atoms with E-state index < -0.39 is 0 Å². The van der Waals surface area contributed by atoms with Gasteiger partial charge in [-0.1, -0.05) is 26.2 Å². The summed E-state index contributed by atoms with van der Waals surface area (Å²) in [5.74, 6) is 1.35. The molecule has 0 fully saturated rings. The van der Waals surface area contributed by atoms with Gasteiger partial charge in [-0.05, 0) is 18.6 Å². The van der Waals surface area contributed by atoms with Gasteiger partial charge in [0, 0.05) is 20.6 Å². The molecule has 0 bridgehead atoms. The lowest BCUT2D eigenvalue weighted by molar-refractivity contribution is 0.516. The van der Waals surface area contributed by atoms with Crippen LogP contribution in [0.15, 0.2) is 32.4 Å². The maximum atomic E-state index is 12.7. The molecule has 3 rings (SSSR count). The summed E-state index contributed by atoms with van der Waals surface area (Å²) < 4.78 is 9.77. The van der Waals surface area contributed by atoms with Crippen molar-refractivity contribution in [2.45, 2.75) is 45.7 Å². The Balaban J connectivity index is 2.03. The first-order valence-corrected chi connectivity index (χ1v) is 8.97. The summed E-state index contributed by atoms with van der Waals surface area (Å²) in [5, 5.41) is 3.23. The van der Waals surface area contributed by atoms with Crippen molar-refractivity contribution < 1.29 is 4.42 Å². The molecule has 0 aliphatic rings. The number of rotatable bonds is 8. The Kier molecular flexibility index (Phi) is 5.29. The molecule has 0 aliphatic heterocycles. The van der Waals surface area contributed by atoms with Gasteiger partial charge in [-0.3, -0.25) is 13.9 Å². The maximum Gasteiger partial charge on any atom is 0.332 e. The largest absolute Gasteiger partial charge is 0.467 e. The molecular weight excluding hydrogens is 334 g/mol. The first-order chi connectivity index (χ1) is 12.5. The molecule has 0 saturated carbocycles. The van der Waals surface area contributed by atoms with Gasteiger partial charge in [0.05, 0.1) is 12.8 Å². The van der Waals surface area contributed by atoms with E-state index in [-0.39, 0.29) is 11.2 Å². The van der Waals surface area contributed by atoms with E-state index in [0.29, 0.717) is 30.2 Å². The molecule has 0 aliphatic carbocycles. The van der Waals surface area contributed by atoms with Crippen molar-refractivity contribution in [1.29, 1.82) is 0 Å². The van der Waals surface area contributed by atoms with Gasteiger partial charge < -0.3 is 14.3 Å². The Hall–Kier alpha value is -2.77. The number of unbranched alkanes of at least 4 members (excludes halogenated alkanes) is 3. The SMILES string of the molecule is CCCCCCn1c(NCc2ccco2)nc2c1c(=O)n(C)c(=O)n2C. The monoisotopic (exact) mass is 359 g/mol. The predicted octanol–water partition coefficient (Wildman–Crippen LogP) is 2.22. The number of hydrogen-bond acceptors (Lipinski definition) is 5. The minimum Gasteiger partial charge on any atom is -0.467 e. The third kappa shape index (κ3) is 3.31. The lowest BCUT2D eigenvalue weighted by Crippen LogP contribution is -2.37. The van der Waals surface area contributed by atoms with Crippen LogP contribution in [-0.2, 0) is 27.2 Å². The summed E-state index contributed by atoms with van der Waals surface area (Å²) in [6.07, 6.45) is 5.94. The van der Waals surface area contributed by atoms with E-state index in [9.17, 15) is 9.59 Å². The van der Waals surface area contributed by atoms with Crippen molar-refractivity contribution in [3.8, 4) is 0 Å². The van der Waals surface area contributed by atoms with Crippen LogP contribution in [0.5, 0.6) is 0 Å². The molecule has 140 valence electrons. The molecule has 0 unspecified atom stereocenters. The smallest absolute Gasteiger partial charge is 0.332 e. The lowest BCUT2D eigenvalue weighted by atomic mass is 10.2. The molecule has 3 heterocycles. The van der Waals surface area contributed by atoms with Gasteiger partial charge in [0.25, 0.3) is 5.56 Å². The minimum absolute atomic E-state index is 0.322.